The Hall–Kier alpha value is -2.09. The Balaban J connectivity index is 1.64. The lowest BCUT2D eigenvalue weighted by atomic mass is 10.2. The Morgan fingerprint density at radius 3 is 2.60 bits per heavy atom. The van der Waals surface area contributed by atoms with E-state index in [9.17, 15) is 30.8 Å². The number of halogens is 1. The molecule has 0 aromatic heterocycles. The number of amides is 1. The van der Waals surface area contributed by atoms with Crippen LogP contribution in [0.4, 0.5) is 4.39 Å². The Morgan fingerprint density at radius 2 is 1.97 bits per heavy atom. The molecule has 13 heteroatoms. The van der Waals surface area contributed by atoms with E-state index in [4.69, 9.17) is 9.47 Å². The summed E-state index contributed by atoms with van der Waals surface area (Å²) in [5.74, 6) is -3.16. The van der Waals surface area contributed by atoms with Crippen molar-refractivity contribution in [3.05, 3.63) is 29.6 Å². The molecule has 0 bridgehead atoms. The number of sulfonamides is 1. The molecule has 10 nitrogen and oxygen atoms in total. The molecule has 3 rings (SSSR count). The zero-order chi connectivity index (χ0) is 21.9. The normalized spacial score (nSPS) is 21.8. The summed E-state index contributed by atoms with van der Waals surface area (Å²) < 4.78 is 73.3. The number of carbonyl (C=O) groups is 2. The van der Waals surface area contributed by atoms with E-state index in [1.54, 1.807) is 0 Å². The van der Waals surface area contributed by atoms with Crippen LogP contribution in [0.2, 0.25) is 0 Å². The summed E-state index contributed by atoms with van der Waals surface area (Å²) in [5.41, 5.74) is -0.624. The van der Waals surface area contributed by atoms with Gasteiger partial charge < -0.3 is 14.8 Å². The molecule has 2 aliphatic rings. The minimum atomic E-state index is -3.95. The fourth-order valence-corrected chi connectivity index (χ4v) is 6.25. The van der Waals surface area contributed by atoms with Crippen LogP contribution in [0.1, 0.15) is 16.8 Å². The molecular formula is C17H21FN2O8S2. The zero-order valence-corrected chi connectivity index (χ0v) is 17.5. The van der Waals surface area contributed by atoms with Crippen LogP contribution in [0.5, 0.6) is 0 Å². The number of morpholine rings is 1. The third-order valence-corrected chi connectivity index (χ3v) is 8.36. The van der Waals surface area contributed by atoms with Gasteiger partial charge in [-0.1, -0.05) is 0 Å². The molecule has 0 aliphatic carbocycles. The van der Waals surface area contributed by atoms with E-state index in [-0.39, 0.29) is 49.1 Å². The minimum Gasteiger partial charge on any atom is -0.452 e. The number of esters is 1. The maximum absolute atomic E-state index is 14.1. The third-order valence-electron chi connectivity index (χ3n) is 4.70. The summed E-state index contributed by atoms with van der Waals surface area (Å²) >= 11 is 0. The van der Waals surface area contributed by atoms with Gasteiger partial charge in [0.1, 0.15) is 5.82 Å². The molecule has 2 heterocycles. The zero-order valence-electron chi connectivity index (χ0n) is 15.9. The van der Waals surface area contributed by atoms with Crippen LogP contribution in [0, 0.1) is 5.82 Å². The summed E-state index contributed by atoms with van der Waals surface area (Å²) in [7, 11) is -7.14. The lowest BCUT2D eigenvalue weighted by molar-refractivity contribution is -0.124. The van der Waals surface area contributed by atoms with Crippen molar-refractivity contribution in [2.24, 2.45) is 0 Å². The number of nitrogens with one attached hydrogen (secondary N) is 1. The highest BCUT2D eigenvalue weighted by molar-refractivity contribution is 7.91. The number of ether oxygens (including phenoxy) is 2. The van der Waals surface area contributed by atoms with Crippen molar-refractivity contribution in [3.63, 3.8) is 0 Å². The molecule has 1 unspecified atom stereocenters. The van der Waals surface area contributed by atoms with Crippen LogP contribution in [-0.4, -0.2) is 83.5 Å². The molecule has 1 N–H and O–H groups in total. The summed E-state index contributed by atoms with van der Waals surface area (Å²) in [6.45, 7) is -0.0260. The number of benzene rings is 1. The van der Waals surface area contributed by atoms with Gasteiger partial charge in [0.2, 0.25) is 10.0 Å². The standard InChI is InChI=1S/C17H21FN2O8S2/c18-15-2-1-13(30(25,26)20-4-6-27-7-5-20)9-14(15)17(22)28-10-16(21)19-12-3-8-29(23,24)11-12/h1-2,9,12H,3-8,10-11H2,(H,19,21). The van der Waals surface area contributed by atoms with Crippen LogP contribution in [0.25, 0.3) is 0 Å². The van der Waals surface area contributed by atoms with Crippen molar-refractivity contribution >= 4 is 31.7 Å². The van der Waals surface area contributed by atoms with Gasteiger partial charge in [-0.2, -0.15) is 4.31 Å². The SMILES string of the molecule is O=C(COC(=O)c1cc(S(=O)(=O)N2CCOCC2)ccc1F)NC1CCS(=O)(=O)C1. The maximum atomic E-state index is 14.1. The highest BCUT2D eigenvalue weighted by atomic mass is 32.2. The van der Waals surface area contributed by atoms with Crippen molar-refractivity contribution in [1.29, 1.82) is 0 Å². The average molecular weight is 464 g/mol. The fourth-order valence-electron chi connectivity index (χ4n) is 3.14. The van der Waals surface area contributed by atoms with Gasteiger partial charge in [-0.3, -0.25) is 4.79 Å². The van der Waals surface area contributed by atoms with Gasteiger partial charge in [-0.05, 0) is 24.6 Å². The van der Waals surface area contributed by atoms with E-state index in [1.807, 2.05) is 0 Å². The van der Waals surface area contributed by atoms with Gasteiger partial charge >= 0.3 is 5.97 Å². The summed E-state index contributed by atoms with van der Waals surface area (Å²) in [5, 5.41) is 2.43. The van der Waals surface area contributed by atoms with Crippen LogP contribution in [0.3, 0.4) is 0 Å². The molecule has 2 aliphatic heterocycles. The highest BCUT2D eigenvalue weighted by Crippen LogP contribution is 2.21. The first-order chi connectivity index (χ1) is 14.1. The smallest absolute Gasteiger partial charge is 0.341 e. The quantitative estimate of drug-likeness (QED) is 0.546. The molecule has 166 valence electrons. The molecule has 1 atom stereocenters. The largest absolute Gasteiger partial charge is 0.452 e. The molecule has 2 saturated heterocycles. The summed E-state index contributed by atoms with van der Waals surface area (Å²) in [6, 6.07) is 2.18. The van der Waals surface area contributed by atoms with Gasteiger partial charge in [0.15, 0.2) is 16.4 Å². The van der Waals surface area contributed by atoms with Crippen molar-refractivity contribution in [2.75, 3.05) is 44.4 Å². The number of hydrogen-bond acceptors (Lipinski definition) is 8. The minimum absolute atomic E-state index is 0.0344. The fraction of sp³-hybridized carbons (Fsp3) is 0.529. The topological polar surface area (TPSA) is 136 Å². The van der Waals surface area contributed by atoms with Gasteiger partial charge in [-0.25, -0.2) is 26.0 Å². The molecule has 1 aromatic rings. The molecule has 30 heavy (non-hydrogen) atoms. The van der Waals surface area contributed by atoms with Crippen molar-refractivity contribution in [2.45, 2.75) is 17.4 Å². The van der Waals surface area contributed by atoms with Crippen molar-refractivity contribution in [3.8, 4) is 0 Å². The van der Waals surface area contributed by atoms with E-state index in [0.29, 0.717) is 0 Å². The third kappa shape index (κ3) is 5.33. The predicted octanol–water partition coefficient (Wildman–Crippen LogP) is -0.693. The van der Waals surface area contributed by atoms with Crippen LogP contribution < -0.4 is 5.32 Å². The van der Waals surface area contributed by atoms with Crippen LogP contribution in [-0.2, 0) is 34.1 Å². The molecule has 1 aromatic carbocycles. The Morgan fingerprint density at radius 1 is 1.27 bits per heavy atom. The Kier molecular flexibility index (Phi) is 6.75. The first kappa shape index (κ1) is 22.6. The van der Waals surface area contributed by atoms with E-state index in [1.165, 1.54) is 4.31 Å². The van der Waals surface area contributed by atoms with Crippen molar-refractivity contribution < 1.29 is 40.3 Å². The van der Waals surface area contributed by atoms with Crippen molar-refractivity contribution in [1.82, 2.24) is 9.62 Å². The first-order valence-electron chi connectivity index (χ1n) is 9.13. The molecule has 1 amide bonds. The second-order valence-corrected chi connectivity index (χ2v) is 11.1. The molecule has 2 fully saturated rings. The monoisotopic (exact) mass is 464 g/mol. The highest BCUT2D eigenvalue weighted by Gasteiger charge is 2.30. The number of hydrogen-bond donors (Lipinski definition) is 1. The molecular weight excluding hydrogens is 443 g/mol. The number of rotatable bonds is 6. The van der Waals surface area contributed by atoms with Gasteiger partial charge in [-0.15, -0.1) is 0 Å². The number of sulfone groups is 1. The second-order valence-electron chi connectivity index (χ2n) is 6.90. The molecule has 0 radical (unpaired) electrons. The Labute approximate surface area is 173 Å². The van der Waals surface area contributed by atoms with E-state index in [2.05, 4.69) is 5.32 Å². The Bertz CT molecular complexity index is 1040. The summed E-state index contributed by atoms with van der Waals surface area (Å²) in [4.78, 5) is 23.8. The van der Waals surface area contributed by atoms with Gasteiger partial charge in [0.25, 0.3) is 5.91 Å². The van der Waals surface area contributed by atoms with Gasteiger partial charge in [0.05, 0.1) is 35.2 Å². The van der Waals surface area contributed by atoms with Crippen LogP contribution >= 0.6 is 0 Å². The van der Waals surface area contributed by atoms with E-state index in [0.717, 1.165) is 18.2 Å². The maximum Gasteiger partial charge on any atom is 0.341 e. The number of nitrogens with zero attached hydrogens (tertiary/aromatic N) is 1. The first-order valence-corrected chi connectivity index (χ1v) is 12.4. The predicted molar refractivity (Wildman–Crippen MR) is 101 cm³/mol. The lowest BCUT2D eigenvalue weighted by Crippen LogP contribution is -2.40. The van der Waals surface area contributed by atoms with E-state index >= 15 is 0 Å². The van der Waals surface area contributed by atoms with E-state index < -0.39 is 55.8 Å². The van der Waals surface area contributed by atoms with Gasteiger partial charge in [0, 0.05) is 19.1 Å². The molecule has 0 spiro atoms. The average Bonchev–Trinajstić information content (AvgIpc) is 3.05. The second kappa shape index (κ2) is 8.96. The lowest BCUT2D eigenvalue weighted by Gasteiger charge is -2.26. The summed E-state index contributed by atoms with van der Waals surface area (Å²) in [6.07, 6.45) is 0.262. The van der Waals surface area contributed by atoms with Crippen LogP contribution in [0.15, 0.2) is 23.1 Å². The number of carbonyl (C=O) groups excluding carboxylic acids is 2. The molecule has 0 saturated carbocycles.